The maximum absolute atomic E-state index is 12.2. The summed E-state index contributed by atoms with van der Waals surface area (Å²) in [5.41, 5.74) is 1.56. The van der Waals surface area contributed by atoms with E-state index in [0.717, 1.165) is 11.3 Å². The highest BCUT2D eigenvalue weighted by molar-refractivity contribution is 8.18. The van der Waals surface area contributed by atoms with Gasteiger partial charge in [0.2, 0.25) is 0 Å². The predicted octanol–water partition coefficient (Wildman–Crippen LogP) is 3.52. The third-order valence-corrected chi connectivity index (χ3v) is 4.37. The van der Waals surface area contributed by atoms with Crippen molar-refractivity contribution in [2.24, 2.45) is 4.99 Å². The van der Waals surface area contributed by atoms with E-state index < -0.39 is 5.97 Å². The van der Waals surface area contributed by atoms with E-state index in [-0.39, 0.29) is 12.5 Å². The van der Waals surface area contributed by atoms with Crippen molar-refractivity contribution in [2.45, 2.75) is 6.92 Å². The molecule has 138 valence electrons. The van der Waals surface area contributed by atoms with E-state index >= 15 is 0 Å². The molecule has 0 aromatic heterocycles. The Labute approximate surface area is 161 Å². The van der Waals surface area contributed by atoms with E-state index in [1.165, 1.54) is 11.8 Å². The van der Waals surface area contributed by atoms with Gasteiger partial charge in [0.15, 0.2) is 11.8 Å². The van der Waals surface area contributed by atoms with Crippen molar-refractivity contribution in [1.29, 1.82) is 0 Å². The van der Waals surface area contributed by atoms with Crippen LogP contribution in [0.4, 0.5) is 5.69 Å². The lowest BCUT2D eigenvalue weighted by atomic mass is 10.2. The number of carbonyl (C=O) groups is 2. The van der Waals surface area contributed by atoms with E-state index in [4.69, 9.17) is 9.47 Å². The summed E-state index contributed by atoms with van der Waals surface area (Å²) in [6.07, 6.45) is 1.75. The second kappa shape index (κ2) is 9.05. The van der Waals surface area contributed by atoms with Gasteiger partial charge in [0.05, 0.1) is 17.2 Å². The summed E-state index contributed by atoms with van der Waals surface area (Å²) in [6, 6.07) is 16.6. The zero-order valence-electron chi connectivity index (χ0n) is 14.7. The smallest absolute Gasteiger partial charge is 0.344 e. The minimum Gasteiger partial charge on any atom is -0.482 e. The molecule has 0 aliphatic carbocycles. The molecule has 0 spiro atoms. The van der Waals surface area contributed by atoms with Gasteiger partial charge in [-0.2, -0.15) is 0 Å². The zero-order valence-corrected chi connectivity index (χ0v) is 15.5. The molecule has 1 aliphatic rings. The zero-order chi connectivity index (χ0) is 19.1. The molecule has 6 nitrogen and oxygen atoms in total. The van der Waals surface area contributed by atoms with Gasteiger partial charge < -0.3 is 14.8 Å². The lowest BCUT2D eigenvalue weighted by molar-refractivity contribution is -0.145. The van der Waals surface area contributed by atoms with Crippen LogP contribution in [0.25, 0.3) is 6.08 Å². The SMILES string of the molecule is CCOC(=O)COc1cccc(/C=C2\SC(=Nc3ccccc3)NC2=O)c1. The van der Waals surface area contributed by atoms with Crippen LogP contribution in [0.5, 0.6) is 5.75 Å². The lowest BCUT2D eigenvalue weighted by Crippen LogP contribution is -2.19. The molecule has 0 saturated carbocycles. The third-order valence-electron chi connectivity index (χ3n) is 3.46. The second-order valence-electron chi connectivity index (χ2n) is 5.48. The standard InChI is InChI=1S/C20H18N2O4S/c1-2-25-18(23)13-26-16-10-6-7-14(11-16)12-17-19(24)22-20(27-17)21-15-8-4-3-5-9-15/h3-12H,2,13H2,1H3,(H,21,22,24)/b17-12-. The van der Waals surface area contributed by atoms with Crippen LogP contribution in [0.3, 0.4) is 0 Å². The van der Waals surface area contributed by atoms with Crippen LogP contribution in [-0.2, 0) is 14.3 Å². The number of nitrogens with one attached hydrogen (secondary N) is 1. The Bertz CT molecular complexity index is 894. The number of nitrogens with zero attached hydrogens (tertiary/aromatic N) is 1. The summed E-state index contributed by atoms with van der Waals surface area (Å²) in [4.78, 5) is 28.5. The summed E-state index contributed by atoms with van der Waals surface area (Å²) in [7, 11) is 0. The highest BCUT2D eigenvalue weighted by Crippen LogP contribution is 2.28. The van der Waals surface area contributed by atoms with Gasteiger partial charge in [-0.1, -0.05) is 30.3 Å². The summed E-state index contributed by atoms with van der Waals surface area (Å²) in [5, 5.41) is 3.29. The molecular formula is C20H18N2O4S. The number of esters is 1. The molecule has 1 saturated heterocycles. The summed E-state index contributed by atoms with van der Waals surface area (Å²) in [6.45, 7) is 1.90. The molecule has 1 N–H and O–H groups in total. The fourth-order valence-corrected chi connectivity index (χ4v) is 3.13. The number of rotatable bonds is 6. The Morgan fingerprint density at radius 3 is 2.78 bits per heavy atom. The maximum Gasteiger partial charge on any atom is 0.344 e. The number of thioether (sulfide) groups is 1. The molecule has 2 aromatic carbocycles. The van der Waals surface area contributed by atoms with Gasteiger partial charge >= 0.3 is 5.97 Å². The number of aliphatic imine (C=N–C) groups is 1. The number of para-hydroxylation sites is 1. The average molecular weight is 382 g/mol. The van der Waals surface area contributed by atoms with E-state index in [1.54, 1.807) is 31.2 Å². The maximum atomic E-state index is 12.2. The minimum atomic E-state index is -0.422. The molecule has 1 amide bonds. The lowest BCUT2D eigenvalue weighted by Gasteiger charge is -2.06. The topological polar surface area (TPSA) is 77.0 Å². The highest BCUT2D eigenvalue weighted by atomic mass is 32.2. The largest absolute Gasteiger partial charge is 0.482 e. The van der Waals surface area contributed by atoms with Gasteiger partial charge in [-0.25, -0.2) is 9.79 Å². The molecule has 27 heavy (non-hydrogen) atoms. The first-order chi connectivity index (χ1) is 13.1. The van der Waals surface area contributed by atoms with Crippen molar-refractivity contribution < 1.29 is 19.1 Å². The Morgan fingerprint density at radius 1 is 1.19 bits per heavy atom. The van der Waals surface area contributed by atoms with Crippen LogP contribution in [0.2, 0.25) is 0 Å². The van der Waals surface area contributed by atoms with Gasteiger partial charge in [-0.05, 0) is 54.6 Å². The minimum absolute atomic E-state index is 0.156. The number of amides is 1. The van der Waals surface area contributed by atoms with Crippen molar-refractivity contribution in [3.05, 3.63) is 65.1 Å². The number of carbonyl (C=O) groups excluding carboxylic acids is 2. The van der Waals surface area contributed by atoms with Crippen molar-refractivity contribution in [1.82, 2.24) is 5.32 Å². The number of ether oxygens (including phenoxy) is 2. The average Bonchev–Trinajstić information content (AvgIpc) is 3.00. The van der Waals surface area contributed by atoms with Crippen LogP contribution in [0.1, 0.15) is 12.5 Å². The molecule has 1 fully saturated rings. The van der Waals surface area contributed by atoms with Gasteiger partial charge in [-0.15, -0.1) is 0 Å². The fraction of sp³-hybridized carbons (Fsp3) is 0.150. The fourth-order valence-electron chi connectivity index (χ4n) is 2.29. The van der Waals surface area contributed by atoms with Crippen molar-refractivity contribution in [3.63, 3.8) is 0 Å². The van der Waals surface area contributed by atoms with E-state index in [9.17, 15) is 9.59 Å². The van der Waals surface area contributed by atoms with Crippen LogP contribution in [0, 0.1) is 0 Å². The van der Waals surface area contributed by atoms with Gasteiger partial charge in [0, 0.05) is 0 Å². The summed E-state index contributed by atoms with van der Waals surface area (Å²) in [5.74, 6) is -0.0970. The monoisotopic (exact) mass is 382 g/mol. The van der Waals surface area contributed by atoms with Crippen LogP contribution in [0.15, 0.2) is 64.5 Å². The first kappa shape index (κ1) is 18.7. The van der Waals surface area contributed by atoms with Gasteiger partial charge in [-0.3, -0.25) is 4.79 Å². The Morgan fingerprint density at radius 2 is 2.00 bits per heavy atom. The number of hydrogen-bond acceptors (Lipinski definition) is 6. The molecule has 0 unspecified atom stereocenters. The third kappa shape index (κ3) is 5.46. The first-order valence-corrected chi connectivity index (χ1v) is 9.19. The van der Waals surface area contributed by atoms with Gasteiger partial charge in [0.1, 0.15) is 5.75 Å². The van der Waals surface area contributed by atoms with E-state index in [1.807, 2.05) is 36.4 Å². The normalized spacial score (nSPS) is 16.4. The van der Waals surface area contributed by atoms with Crippen molar-refractivity contribution in [2.75, 3.05) is 13.2 Å². The highest BCUT2D eigenvalue weighted by Gasteiger charge is 2.23. The van der Waals surface area contributed by atoms with Crippen LogP contribution in [-0.4, -0.2) is 30.3 Å². The van der Waals surface area contributed by atoms with Crippen molar-refractivity contribution >= 4 is 40.6 Å². The molecular weight excluding hydrogens is 364 g/mol. The molecule has 1 heterocycles. The number of amidine groups is 1. The summed E-state index contributed by atoms with van der Waals surface area (Å²) < 4.78 is 10.2. The van der Waals surface area contributed by atoms with Crippen LogP contribution < -0.4 is 10.1 Å². The predicted molar refractivity (Wildman–Crippen MR) is 106 cm³/mol. The number of hydrogen-bond donors (Lipinski definition) is 1. The van der Waals surface area contributed by atoms with E-state index in [2.05, 4.69) is 10.3 Å². The molecule has 2 aromatic rings. The van der Waals surface area contributed by atoms with E-state index in [0.29, 0.717) is 22.4 Å². The molecule has 0 radical (unpaired) electrons. The van der Waals surface area contributed by atoms with Crippen LogP contribution >= 0.6 is 11.8 Å². The molecule has 0 atom stereocenters. The Hall–Kier alpha value is -3.06. The summed E-state index contributed by atoms with van der Waals surface area (Å²) >= 11 is 1.27. The van der Waals surface area contributed by atoms with Crippen molar-refractivity contribution in [3.8, 4) is 5.75 Å². The second-order valence-corrected chi connectivity index (χ2v) is 6.51. The van der Waals surface area contributed by atoms with Gasteiger partial charge in [0.25, 0.3) is 5.91 Å². The Kier molecular flexibility index (Phi) is 6.27. The molecule has 3 rings (SSSR count). The quantitative estimate of drug-likeness (QED) is 0.611. The molecule has 1 aliphatic heterocycles. The molecule has 7 heteroatoms. The molecule has 0 bridgehead atoms. The first-order valence-electron chi connectivity index (χ1n) is 8.37. The Balaban J connectivity index is 1.69. The number of benzene rings is 2.